The smallest absolute Gasteiger partial charge is 0.326 e. The first-order chi connectivity index (χ1) is 11.6. The molecule has 0 amide bonds. The van der Waals surface area contributed by atoms with Crippen LogP contribution in [0.2, 0.25) is 0 Å². The SMILES string of the molecule is CC1C[C@@H]2CC(Br)C[C@H](C1)C2n1c(=O)[nH]c2cnc3[nH]ccc3c21. The minimum Gasteiger partial charge on any atom is -0.346 e. The van der Waals surface area contributed by atoms with Crippen LogP contribution in [0.5, 0.6) is 0 Å². The van der Waals surface area contributed by atoms with Gasteiger partial charge in [0.1, 0.15) is 5.65 Å². The molecular formula is C18H21BrN4O. The Hall–Kier alpha value is -1.56. The van der Waals surface area contributed by atoms with Gasteiger partial charge in [-0.2, -0.15) is 0 Å². The first-order valence-electron chi connectivity index (χ1n) is 8.82. The first-order valence-corrected chi connectivity index (χ1v) is 9.73. The van der Waals surface area contributed by atoms with Gasteiger partial charge in [0.25, 0.3) is 0 Å². The number of fused-ring (bicyclic) bond motifs is 5. The van der Waals surface area contributed by atoms with E-state index in [2.05, 4.69) is 42.4 Å². The predicted molar refractivity (Wildman–Crippen MR) is 98.6 cm³/mol. The normalized spacial score (nSPS) is 33.3. The zero-order valence-electron chi connectivity index (χ0n) is 13.6. The van der Waals surface area contributed by atoms with E-state index in [-0.39, 0.29) is 5.69 Å². The Balaban J connectivity index is 1.75. The summed E-state index contributed by atoms with van der Waals surface area (Å²) in [6.45, 7) is 2.36. The Morgan fingerprint density at radius 3 is 2.75 bits per heavy atom. The number of halogens is 1. The van der Waals surface area contributed by atoms with Gasteiger partial charge in [-0.25, -0.2) is 9.78 Å². The van der Waals surface area contributed by atoms with Crippen molar-refractivity contribution in [3.63, 3.8) is 0 Å². The molecule has 2 bridgehead atoms. The van der Waals surface area contributed by atoms with E-state index in [1.165, 1.54) is 12.8 Å². The van der Waals surface area contributed by atoms with E-state index in [4.69, 9.17) is 0 Å². The lowest BCUT2D eigenvalue weighted by Crippen LogP contribution is -2.43. The van der Waals surface area contributed by atoms with Crippen LogP contribution < -0.4 is 5.69 Å². The average Bonchev–Trinajstić information content (AvgIpc) is 3.09. The average molecular weight is 389 g/mol. The number of aromatic amines is 2. The fourth-order valence-corrected chi connectivity index (χ4v) is 6.31. The van der Waals surface area contributed by atoms with Gasteiger partial charge in [0.2, 0.25) is 0 Å². The zero-order chi connectivity index (χ0) is 16.4. The summed E-state index contributed by atoms with van der Waals surface area (Å²) in [7, 11) is 0. The van der Waals surface area contributed by atoms with Crippen molar-refractivity contribution in [1.82, 2.24) is 19.5 Å². The van der Waals surface area contributed by atoms with Crippen LogP contribution in [0.1, 0.15) is 38.6 Å². The van der Waals surface area contributed by atoms with E-state index < -0.39 is 0 Å². The number of nitrogens with zero attached hydrogens (tertiary/aromatic N) is 2. The van der Waals surface area contributed by atoms with Crippen LogP contribution >= 0.6 is 15.9 Å². The van der Waals surface area contributed by atoms with Gasteiger partial charge in [-0.15, -0.1) is 0 Å². The van der Waals surface area contributed by atoms with E-state index in [1.807, 2.05) is 12.3 Å². The van der Waals surface area contributed by atoms with Gasteiger partial charge in [-0.3, -0.25) is 4.57 Å². The van der Waals surface area contributed by atoms with Crippen molar-refractivity contribution in [3.05, 3.63) is 28.9 Å². The zero-order valence-corrected chi connectivity index (χ0v) is 15.2. The minimum atomic E-state index is 0.0167. The predicted octanol–water partition coefficient (Wildman–Crippen LogP) is 3.97. The molecule has 2 aliphatic carbocycles. The molecule has 3 heterocycles. The number of imidazole rings is 1. The maximum absolute atomic E-state index is 12.9. The van der Waals surface area contributed by atoms with Gasteiger partial charge in [0, 0.05) is 22.5 Å². The molecule has 3 aromatic rings. The van der Waals surface area contributed by atoms with Crippen LogP contribution in [0.3, 0.4) is 0 Å². The molecule has 6 heteroatoms. The first kappa shape index (κ1) is 14.8. The van der Waals surface area contributed by atoms with Gasteiger partial charge in [0.05, 0.1) is 17.2 Å². The number of nitrogens with one attached hydrogen (secondary N) is 2. The van der Waals surface area contributed by atoms with Crippen molar-refractivity contribution >= 4 is 38.0 Å². The number of aromatic nitrogens is 4. The third kappa shape index (κ3) is 2.05. The number of rotatable bonds is 1. The van der Waals surface area contributed by atoms with E-state index in [1.54, 1.807) is 6.20 Å². The van der Waals surface area contributed by atoms with Crippen LogP contribution in [0.25, 0.3) is 22.1 Å². The van der Waals surface area contributed by atoms with E-state index in [0.717, 1.165) is 40.8 Å². The Kier molecular flexibility index (Phi) is 3.21. The van der Waals surface area contributed by atoms with Crippen molar-refractivity contribution in [2.75, 3.05) is 0 Å². The molecule has 24 heavy (non-hydrogen) atoms. The van der Waals surface area contributed by atoms with Crippen LogP contribution in [-0.4, -0.2) is 24.3 Å². The molecule has 2 saturated carbocycles. The highest BCUT2D eigenvalue weighted by Gasteiger charge is 2.44. The van der Waals surface area contributed by atoms with Gasteiger partial charge >= 0.3 is 5.69 Å². The van der Waals surface area contributed by atoms with Crippen LogP contribution in [0.15, 0.2) is 23.3 Å². The van der Waals surface area contributed by atoms with E-state index in [0.29, 0.717) is 22.7 Å². The van der Waals surface area contributed by atoms with E-state index in [9.17, 15) is 4.79 Å². The largest absolute Gasteiger partial charge is 0.346 e. The molecule has 3 unspecified atom stereocenters. The van der Waals surface area contributed by atoms with Crippen LogP contribution in [-0.2, 0) is 0 Å². The summed E-state index contributed by atoms with van der Waals surface area (Å²) in [5.41, 5.74) is 2.74. The lowest BCUT2D eigenvalue weighted by Gasteiger charge is -2.47. The Morgan fingerprint density at radius 1 is 1.25 bits per heavy atom. The number of H-pyrrole nitrogens is 2. The number of pyridine rings is 1. The van der Waals surface area contributed by atoms with Crippen molar-refractivity contribution < 1.29 is 0 Å². The molecule has 2 fully saturated rings. The molecule has 5 rings (SSSR count). The summed E-state index contributed by atoms with van der Waals surface area (Å²) in [5, 5.41) is 1.04. The quantitative estimate of drug-likeness (QED) is 0.619. The van der Waals surface area contributed by atoms with E-state index >= 15 is 0 Å². The molecule has 0 radical (unpaired) electrons. The summed E-state index contributed by atoms with van der Waals surface area (Å²) in [5.74, 6) is 1.89. The van der Waals surface area contributed by atoms with Crippen molar-refractivity contribution in [2.24, 2.45) is 17.8 Å². The van der Waals surface area contributed by atoms with Crippen molar-refractivity contribution in [2.45, 2.75) is 43.5 Å². The van der Waals surface area contributed by atoms with Gasteiger partial charge in [0.15, 0.2) is 0 Å². The number of alkyl halides is 1. The second-order valence-corrected chi connectivity index (χ2v) is 9.01. The third-order valence-electron chi connectivity index (χ3n) is 6.05. The summed E-state index contributed by atoms with van der Waals surface area (Å²) >= 11 is 3.85. The summed E-state index contributed by atoms with van der Waals surface area (Å²) in [6, 6.07) is 2.33. The Labute approximate surface area is 148 Å². The summed E-state index contributed by atoms with van der Waals surface area (Å²) in [4.78, 5) is 24.1. The molecule has 0 spiro atoms. The molecule has 0 aromatic carbocycles. The second kappa shape index (κ2) is 5.22. The minimum absolute atomic E-state index is 0.0167. The molecule has 2 N–H and O–H groups in total. The highest BCUT2D eigenvalue weighted by atomic mass is 79.9. The number of hydrogen-bond acceptors (Lipinski definition) is 2. The summed E-state index contributed by atoms with van der Waals surface area (Å²) in [6.07, 6.45) is 8.42. The molecule has 3 aromatic heterocycles. The fourth-order valence-electron chi connectivity index (χ4n) is 5.35. The number of hydrogen-bond donors (Lipinski definition) is 2. The third-order valence-corrected chi connectivity index (χ3v) is 6.80. The highest BCUT2D eigenvalue weighted by Crippen LogP contribution is 2.51. The molecule has 0 aliphatic heterocycles. The Morgan fingerprint density at radius 2 is 2.00 bits per heavy atom. The topological polar surface area (TPSA) is 66.5 Å². The monoisotopic (exact) mass is 388 g/mol. The molecule has 2 aliphatic rings. The van der Waals surface area contributed by atoms with Gasteiger partial charge in [-0.05, 0) is 49.5 Å². The molecule has 0 saturated heterocycles. The molecule has 5 atom stereocenters. The van der Waals surface area contributed by atoms with Crippen molar-refractivity contribution in [1.29, 1.82) is 0 Å². The van der Waals surface area contributed by atoms with Crippen molar-refractivity contribution in [3.8, 4) is 0 Å². The Bertz CT molecular complexity index is 940. The van der Waals surface area contributed by atoms with Crippen LogP contribution in [0.4, 0.5) is 0 Å². The van der Waals surface area contributed by atoms with Gasteiger partial charge in [-0.1, -0.05) is 22.9 Å². The highest BCUT2D eigenvalue weighted by molar-refractivity contribution is 9.09. The maximum Gasteiger partial charge on any atom is 0.326 e. The lowest BCUT2D eigenvalue weighted by atomic mass is 9.65. The fraction of sp³-hybridized carbons (Fsp3) is 0.556. The molecular weight excluding hydrogens is 368 g/mol. The summed E-state index contributed by atoms with van der Waals surface area (Å²) < 4.78 is 2.06. The van der Waals surface area contributed by atoms with Gasteiger partial charge < -0.3 is 9.97 Å². The second-order valence-electron chi connectivity index (χ2n) is 7.72. The lowest BCUT2D eigenvalue weighted by molar-refractivity contribution is 0.0743. The molecule has 126 valence electrons. The maximum atomic E-state index is 12.9. The van der Waals surface area contributed by atoms with Crippen LogP contribution in [0, 0.1) is 17.8 Å². The molecule has 5 nitrogen and oxygen atoms in total. The standard InChI is InChI=1S/C18H21BrN4O/c1-9-4-10-6-12(19)7-11(5-9)15(10)23-16-13-2-3-20-17(13)21-8-14(16)22-18(23)24/h2-3,8-12,15H,4-7H2,1H3,(H,20,21)(H,22,24)/t9?,10-,11+,12?,15?.